The zero-order chi connectivity index (χ0) is 20.8. The number of hydrogen-bond acceptors (Lipinski definition) is 4. The third-order valence-electron chi connectivity index (χ3n) is 6.60. The molecule has 158 valence electrons. The molecule has 1 fully saturated rings. The van der Waals surface area contributed by atoms with Crippen molar-refractivity contribution in [2.75, 3.05) is 19.8 Å². The van der Waals surface area contributed by atoms with Crippen molar-refractivity contribution in [3.63, 3.8) is 0 Å². The Balaban J connectivity index is 1.34. The van der Waals surface area contributed by atoms with Crippen molar-refractivity contribution in [2.24, 2.45) is 0 Å². The van der Waals surface area contributed by atoms with Crippen LogP contribution in [0.25, 0.3) is 5.69 Å². The smallest absolute Gasteiger partial charge is 0.275 e. The van der Waals surface area contributed by atoms with E-state index in [1.807, 2.05) is 52.0 Å². The Labute approximate surface area is 181 Å². The number of ether oxygens (including phenoxy) is 2. The number of rotatable bonds is 3. The van der Waals surface area contributed by atoms with Gasteiger partial charge in [0, 0.05) is 17.8 Å². The van der Waals surface area contributed by atoms with Gasteiger partial charge in [-0.1, -0.05) is 24.3 Å². The van der Waals surface area contributed by atoms with Crippen LogP contribution in [0.1, 0.15) is 52.6 Å². The van der Waals surface area contributed by atoms with Gasteiger partial charge in [-0.05, 0) is 61.9 Å². The number of likely N-dealkylation sites (tertiary alicyclic amines) is 1. The maximum Gasteiger partial charge on any atom is 0.275 e. The van der Waals surface area contributed by atoms with E-state index in [-0.39, 0.29) is 11.9 Å². The van der Waals surface area contributed by atoms with E-state index in [1.54, 1.807) is 0 Å². The number of carbonyl (C=O) groups is 1. The van der Waals surface area contributed by atoms with Crippen LogP contribution in [0.4, 0.5) is 0 Å². The predicted molar refractivity (Wildman–Crippen MR) is 116 cm³/mol. The Morgan fingerprint density at radius 3 is 2.68 bits per heavy atom. The van der Waals surface area contributed by atoms with Gasteiger partial charge in [-0.3, -0.25) is 4.79 Å². The second-order valence-electron chi connectivity index (χ2n) is 8.43. The number of carbonyl (C=O) groups excluding carboxylic acids is 1. The van der Waals surface area contributed by atoms with Gasteiger partial charge < -0.3 is 14.4 Å². The molecule has 6 rings (SSSR count). The molecule has 1 atom stereocenters. The van der Waals surface area contributed by atoms with E-state index in [0.717, 1.165) is 67.0 Å². The minimum Gasteiger partial charge on any atom is -0.486 e. The third-order valence-corrected chi connectivity index (χ3v) is 6.60. The monoisotopic (exact) mass is 415 g/mol. The van der Waals surface area contributed by atoms with Gasteiger partial charge in [0.05, 0.1) is 11.7 Å². The summed E-state index contributed by atoms with van der Waals surface area (Å²) < 4.78 is 13.4. The van der Waals surface area contributed by atoms with E-state index in [2.05, 4.69) is 6.07 Å². The number of nitrogens with zero attached hydrogens (tertiary/aromatic N) is 3. The molecule has 1 amide bonds. The highest BCUT2D eigenvalue weighted by Gasteiger charge is 2.36. The Morgan fingerprint density at radius 2 is 1.81 bits per heavy atom. The van der Waals surface area contributed by atoms with Crippen molar-refractivity contribution in [3.8, 4) is 17.2 Å². The van der Waals surface area contributed by atoms with Crippen molar-refractivity contribution < 1.29 is 14.3 Å². The normalized spacial score (nSPS) is 19.5. The summed E-state index contributed by atoms with van der Waals surface area (Å²) in [5.74, 6) is 1.60. The third kappa shape index (κ3) is 3.09. The van der Waals surface area contributed by atoms with Gasteiger partial charge in [0.2, 0.25) is 0 Å². The minimum atomic E-state index is 0.0438. The molecule has 0 bridgehead atoms. The molecule has 6 nitrogen and oxygen atoms in total. The molecule has 2 aromatic carbocycles. The highest BCUT2D eigenvalue weighted by atomic mass is 16.6. The van der Waals surface area contributed by atoms with Crippen LogP contribution in [0, 0.1) is 0 Å². The maximum absolute atomic E-state index is 13.7. The van der Waals surface area contributed by atoms with Gasteiger partial charge >= 0.3 is 0 Å². The first-order valence-electron chi connectivity index (χ1n) is 11.2. The van der Waals surface area contributed by atoms with Gasteiger partial charge in [0.15, 0.2) is 17.2 Å². The minimum absolute atomic E-state index is 0.0438. The second-order valence-corrected chi connectivity index (χ2v) is 8.43. The van der Waals surface area contributed by atoms with Gasteiger partial charge in [0.1, 0.15) is 13.2 Å². The molecule has 3 aromatic rings. The van der Waals surface area contributed by atoms with Crippen LogP contribution in [-0.2, 0) is 12.8 Å². The van der Waals surface area contributed by atoms with Crippen molar-refractivity contribution in [2.45, 2.75) is 38.1 Å². The molecular formula is C25H25N3O3. The summed E-state index contributed by atoms with van der Waals surface area (Å²) in [6.07, 6.45) is 4.91. The first kappa shape index (κ1) is 18.5. The number of amides is 1. The molecular weight excluding hydrogens is 390 g/mol. The van der Waals surface area contributed by atoms with Crippen LogP contribution in [-0.4, -0.2) is 40.3 Å². The summed E-state index contributed by atoms with van der Waals surface area (Å²) in [5.41, 5.74) is 5.06. The number of benzene rings is 2. The molecule has 2 aliphatic heterocycles. The van der Waals surface area contributed by atoms with E-state index in [4.69, 9.17) is 14.6 Å². The van der Waals surface area contributed by atoms with Gasteiger partial charge in [-0.25, -0.2) is 4.68 Å². The van der Waals surface area contributed by atoms with Gasteiger partial charge in [0.25, 0.3) is 5.91 Å². The molecule has 0 N–H and O–H groups in total. The maximum atomic E-state index is 13.7. The molecule has 3 aliphatic rings. The van der Waals surface area contributed by atoms with Crippen molar-refractivity contribution in [1.82, 2.24) is 14.7 Å². The molecule has 1 aromatic heterocycles. The zero-order valence-corrected chi connectivity index (χ0v) is 17.4. The zero-order valence-electron chi connectivity index (χ0n) is 17.4. The predicted octanol–water partition coefficient (Wildman–Crippen LogP) is 4.11. The Bertz CT molecular complexity index is 1140. The van der Waals surface area contributed by atoms with E-state index >= 15 is 0 Å². The molecule has 0 saturated carbocycles. The lowest BCUT2D eigenvalue weighted by Gasteiger charge is -2.26. The average molecular weight is 415 g/mol. The highest BCUT2D eigenvalue weighted by molar-refractivity contribution is 5.95. The molecule has 1 aliphatic carbocycles. The SMILES string of the molecule is O=C(c1nn(-c2ccccc2)c2c1CCC2)N1CCCC1c1ccc2c(c1)OCCO2. The fourth-order valence-corrected chi connectivity index (χ4v) is 5.15. The molecule has 6 heteroatoms. The van der Waals surface area contributed by atoms with Gasteiger partial charge in [-0.2, -0.15) is 5.10 Å². The van der Waals surface area contributed by atoms with E-state index in [1.165, 1.54) is 5.69 Å². The number of fused-ring (bicyclic) bond motifs is 2. The summed E-state index contributed by atoms with van der Waals surface area (Å²) in [6, 6.07) is 16.2. The average Bonchev–Trinajstić information content (AvgIpc) is 3.55. The van der Waals surface area contributed by atoms with Crippen LogP contribution < -0.4 is 9.47 Å². The second kappa shape index (κ2) is 7.45. The molecule has 1 saturated heterocycles. The van der Waals surface area contributed by atoms with E-state index in [0.29, 0.717) is 18.9 Å². The quantitative estimate of drug-likeness (QED) is 0.646. The molecule has 0 radical (unpaired) electrons. The first-order valence-corrected chi connectivity index (χ1v) is 11.2. The lowest BCUT2D eigenvalue weighted by Crippen LogP contribution is -2.31. The van der Waals surface area contributed by atoms with Crippen LogP contribution in [0.5, 0.6) is 11.5 Å². The van der Waals surface area contributed by atoms with Crippen molar-refractivity contribution >= 4 is 5.91 Å². The van der Waals surface area contributed by atoms with E-state index in [9.17, 15) is 4.79 Å². The largest absolute Gasteiger partial charge is 0.486 e. The number of hydrogen-bond donors (Lipinski definition) is 0. The Morgan fingerprint density at radius 1 is 0.968 bits per heavy atom. The van der Waals surface area contributed by atoms with Crippen molar-refractivity contribution in [1.29, 1.82) is 0 Å². The molecule has 1 unspecified atom stereocenters. The summed E-state index contributed by atoms with van der Waals surface area (Å²) in [4.78, 5) is 15.7. The lowest BCUT2D eigenvalue weighted by atomic mass is 10.0. The van der Waals surface area contributed by atoms with Crippen LogP contribution in [0.15, 0.2) is 48.5 Å². The summed E-state index contributed by atoms with van der Waals surface area (Å²) in [6.45, 7) is 1.90. The summed E-state index contributed by atoms with van der Waals surface area (Å²) in [5, 5.41) is 4.83. The number of aromatic nitrogens is 2. The summed E-state index contributed by atoms with van der Waals surface area (Å²) in [7, 11) is 0. The number of para-hydroxylation sites is 1. The standard InChI is InChI=1S/C25H25N3O3/c29-25(24-19-8-4-9-21(19)28(26-24)18-6-2-1-3-7-18)27-13-5-10-20(27)17-11-12-22-23(16-17)31-15-14-30-22/h1-3,6-7,11-12,16,20H,4-5,8-10,13-15H2. The van der Waals surface area contributed by atoms with Crippen LogP contribution >= 0.6 is 0 Å². The van der Waals surface area contributed by atoms with Gasteiger partial charge in [-0.15, -0.1) is 0 Å². The van der Waals surface area contributed by atoms with E-state index < -0.39 is 0 Å². The van der Waals surface area contributed by atoms with Crippen LogP contribution in [0.2, 0.25) is 0 Å². The fraction of sp³-hybridized carbons (Fsp3) is 0.360. The lowest BCUT2D eigenvalue weighted by molar-refractivity contribution is 0.0727. The van der Waals surface area contributed by atoms with Crippen LogP contribution in [0.3, 0.4) is 0 Å². The fourth-order valence-electron chi connectivity index (χ4n) is 5.15. The molecule has 31 heavy (non-hydrogen) atoms. The molecule has 3 heterocycles. The van der Waals surface area contributed by atoms with Crippen molar-refractivity contribution in [3.05, 3.63) is 71.0 Å². The highest BCUT2D eigenvalue weighted by Crippen LogP contribution is 2.39. The Kier molecular flexibility index (Phi) is 4.44. The first-order chi connectivity index (χ1) is 15.3. The summed E-state index contributed by atoms with van der Waals surface area (Å²) >= 11 is 0. The Hall–Kier alpha value is -3.28. The topological polar surface area (TPSA) is 56.6 Å². The molecule has 0 spiro atoms.